The maximum Gasteiger partial charge on any atom is 0.339 e. The molecular formula is C20H23N4O3S+. The van der Waals surface area contributed by atoms with Crippen LogP contribution in [0.3, 0.4) is 0 Å². The standard InChI is InChI=1S/C20H23N4O3S/c1-13-17(8-9-27-20(26)18(25)15-6-4-3-5-7-15)28-12-24(13)11-16-10-22-14(2)23-19(16)21/h3-7,10,12,18,25H,8-9,11H2,1-2H3,(H2,21,22,23)/q+1/t18-/m1/s1. The average molecular weight is 399 g/mol. The van der Waals surface area contributed by atoms with Crippen molar-refractivity contribution in [3.63, 3.8) is 0 Å². The molecule has 1 aromatic carbocycles. The Labute approximate surface area is 167 Å². The molecule has 0 saturated heterocycles. The summed E-state index contributed by atoms with van der Waals surface area (Å²) >= 11 is 1.59. The highest BCUT2D eigenvalue weighted by Gasteiger charge is 2.21. The molecule has 146 valence electrons. The lowest BCUT2D eigenvalue weighted by molar-refractivity contribution is -0.689. The van der Waals surface area contributed by atoms with Gasteiger partial charge in [0.2, 0.25) is 5.51 Å². The number of benzene rings is 1. The fraction of sp³-hybridized carbons (Fsp3) is 0.300. The average Bonchev–Trinajstić information content (AvgIpc) is 3.03. The minimum atomic E-state index is -1.26. The van der Waals surface area contributed by atoms with Gasteiger partial charge in [-0.1, -0.05) is 41.7 Å². The summed E-state index contributed by atoms with van der Waals surface area (Å²) in [5, 5.41) is 10.1. The van der Waals surface area contributed by atoms with Crippen molar-refractivity contribution >= 4 is 23.1 Å². The van der Waals surface area contributed by atoms with Crippen molar-refractivity contribution in [1.82, 2.24) is 9.97 Å². The van der Waals surface area contributed by atoms with Gasteiger partial charge in [-0.05, 0) is 12.5 Å². The number of carbonyl (C=O) groups is 1. The first-order valence-corrected chi connectivity index (χ1v) is 9.77. The second kappa shape index (κ2) is 8.90. The zero-order valence-electron chi connectivity index (χ0n) is 15.8. The Morgan fingerprint density at radius 3 is 2.79 bits per heavy atom. The fourth-order valence-corrected chi connectivity index (χ4v) is 3.74. The molecule has 0 amide bonds. The van der Waals surface area contributed by atoms with Crippen molar-refractivity contribution in [1.29, 1.82) is 0 Å². The van der Waals surface area contributed by atoms with E-state index in [0.717, 1.165) is 16.1 Å². The van der Waals surface area contributed by atoms with Crippen LogP contribution in [-0.2, 0) is 22.5 Å². The zero-order valence-corrected chi connectivity index (χ0v) is 16.6. The lowest BCUT2D eigenvalue weighted by atomic mass is 10.1. The fourth-order valence-electron chi connectivity index (χ4n) is 2.76. The molecule has 3 rings (SSSR count). The Hall–Kier alpha value is -2.84. The SMILES string of the molecule is Cc1ncc(C[n+]2csc(CCOC(=O)[C@H](O)c3ccccc3)c2C)c(N)n1. The predicted molar refractivity (Wildman–Crippen MR) is 106 cm³/mol. The van der Waals surface area contributed by atoms with Gasteiger partial charge in [-0.3, -0.25) is 0 Å². The van der Waals surface area contributed by atoms with Gasteiger partial charge >= 0.3 is 5.97 Å². The molecule has 0 radical (unpaired) electrons. The van der Waals surface area contributed by atoms with Crippen molar-refractivity contribution in [3.8, 4) is 0 Å². The van der Waals surface area contributed by atoms with Gasteiger partial charge in [-0.15, -0.1) is 0 Å². The number of anilines is 1. The molecule has 0 spiro atoms. The summed E-state index contributed by atoms with van der Waals surface area (Å²) in [5.74, 6) is 0.488. The molecule has 2 heterocycles. The first-order valence-electron chi connectivity index (χ1n) is 8.89. The molecule has 0 unspecified atom stereocenters. The van der Waals surface area contributed by atoms with Crippen molar-refractivity contribution in [3.05, 3.63) is 69.6 Å². The number of nitrogens with zero attached hydrogens (tertiary/aromatic N) is 3. The van der Waals surface area contributed by atoms with Crippen LogP contribution in [0.25, 0.3) is 0 Å². The van der Waals surface area contributed by atoms with Crippen LogP contribution in [0.1, 0.15) is 33.6 Å². The van der Waals surface area contributed by atoms with Gasteiger partial charge in [0.05, 0.1) is 17.0 Å². The molecule has 0 aliphatic carbocycles. The molecule has 28 heavy (non-hydrogen) atoms. The second-order valence-corrected chi connectivity index (χ2v) is 7.36. The molecule has 8 heteroatoms. The van der Waals surface area contributed by atoms with Crippen molar-refractivity contribution in [2.75, 3.05) is 12.3 Å². The van der Waals surface area contributed by atoms with Gasteiger partial charge in [0, 0.05) is 19.5 Å². The number of aryl methyl sites for hydroxylation is 1. The maximum atomic E-state index is 12.0. The third-order valence-corrected chi connectivity index (χ3v) is 5.57. The Morgan fingerprint density at radius 2 is 2.07 bits per heavy atom. The van der Waals surface area contributed by atoms with Gasteiger partial charge in [0.1, 0.15) is 11.6 Å². The van der Waals surface area contributed by atoms with E-state index in [1.165, 1.54) is 0 Å². The van der Waals surface area contributed by atoms with Crippen LogP contribution in [0.2, 0.25) is 0 Å². The van der Waals surface area contributed by atoms with Crippen LogP contribution in [0.5, 0.6) is 0 Å². The molecule has 0 aliphatic rings. The minimum absolute atomic E-state index is 0.208. The van der Waals surface area contributed by atoms with Gasteiger partial charge in [-0.25, -0.2) is 14.8 Å². The van der Waals surface area contributed by atoms with Crippen LogP contribution < -0.4 is 10.3 Å². The molecule has 0 fully saturated rings. The van der Waals surface area contributed by atoms with E-state index in [9.17, 15) is 9.90 Å². The number of thiazole rings is 1. The number of esters is 1. The lowest BCUT2D eigenvalue weighted by Gasteiger charge is -2.10. The molecule has 7 nitrogen and oxygen atoms in total. The van der Waals surface area contributed by atoms with Crippen LogP contribution in [0.4, 0.5) is 5.82 Å². The Bertz CT molecular complexity index is 959. The van der Waals surface area contributed by atoms with E-state index in [1.807, 2.05) is 18.5 Å². The second-order valence-electron chi connectivity index (χ2n) is 6.42. The number of ether oxygens (including phenoxy) is 1. The molecule has 3 aromatic rings. The Kier molecular flexibility index (Phi) is 6.33. The highest BCUT2D eigenvalue weighted by Crippen LogP contribution is 2.16. The largest absolute Gasteiger partial charge is 0.463 e. The molecular weight excluding hydrogens is 376 g/mol. The number of carbonyl (C=O) groups excluding carboxylic acids is 1. The molecule has 1 atom stereocenters. The van der Waals surface area contributed by atoms with Crippen LogP contribution in [0.15, 0.2) is 42.0 Å². The van der Waals surface area contributed by atoms with Gasteiger partial charge < -0.3 is 15.6 Å². The van der Waals surface area contributed by atoms with Crippen LogP contribution in [0, 0.1) is 13.8 Å². The molecule has 3 N–H and O–H groups in total. The van der Waals surface area contributed by atoms with E-state index in [1.54, 1.807) is 48.7 Å². The number of rotatable bonds is 7. The highest BCUT2D eigenvalue weighted by molar-refractivity contribution is 7.09. The highest BCUT2D eigenvalue weighted by atomic mass is 32.1. The van der Waals surface area contributed by atoms with E-state index in [-0.39, 0.29) is 6.61 Å². The summed E-state index contributed by atoms with van der Waals surface area (Å²) in [6.45, 7) is 4.61. The number of aliphatic hydroxyl groups excluding tert-OH is 1. The monoisotopic (exact) mass is 399 g/mol. The van der Waals surface area contributed by atoms with Gasteiger partial charge in [0.25, 0.3) is 0 Å². The van der Waals surface area contributed by atoms with E-state index >= 15 is 0 Å². The number of hydrogen-bond acceptors (Lipinski definition) is 7. The summed E-state index contributed by atoms with van der Waals surface area (Å²) in [6, 6.07) is 8.75. The molecule has 0 bridgehead atoms. The summed E-state index contributed by atoms with van der Waals surface area (Å²) in [7, 11) is 0. The predicted octanol–water partition coefficient (Wildman–Crippen LogP) is 1.89. The summed E-state index contributed by atoms with van der Waals surface area (Å²) < 4.78 is 7.32. The third-order valence-electron chi connectivity index (χ3n) is 4.43. The first-order chi connectivity index (χ1) is 13.5. The van der Waals surface area contributed by atoms with Crippen molar-refractivity contribution in [2.45, 2.75) is 32.9 Å². The minimum Gasteiger partial charge on any atom is -0.463 e. The van der Waals surface area contributed by atoms with E-state index in [4.69, 9.17) is 10.5 Å². The number of aromatic nitrogens is 3. The number of nitrogen functional groups attached to an aromatic ring is 1. The number of aliphatic hydroxyl groups is 1. The quantitative estimate of drug-likeness (QED) is 0.465. The zero-order chi connectivity index (χ0) is 20.1. The molecule has 0 saturated carbocycles. The Morgan fingerprint density at radius 1 is 1.32 bits per heavy atom. The van der Waals surface area contributed by atoms with Gasteiger partial charge in [0.15, 0.2) is 18.3 Å². The third kappa shape index (κ3) is 4.71. The first kappa shape index (κ1) is 19.9. The van der Waals surface area contributed by atoms with Crippen molar-refractivity contribution < 1.29 is 19.2 Å². The van der Waals surface area contributed by atoms with E-state index < -0.39 is 12.1 Å². The number of hydrogen-bond donors (Lipinski definition) is 2. The van der Waals surface area contributed by atoms with Gasteiger partial charge in [-0.2, -0.15) is 4.57 Å². The molecule has 0 aliphatic heterocycles. The van der Waals surface area contributed by atoms with Crippen LogP contribution in [-0.4, -0.2) is 27.7 Å². The van der Waals surface area contributed by atoms with Crippen LogP contribution >= 0.6 is 11.3 Å². The molecule has 2 aromatic heterocycles. The van der Waals surface area contributed by atoms with E-state index in [2.05, 4.69) is 14.5 Å². The Balaban J connectivity index is 1.56. The van der Waals surface area contributed by atoms with Crippen molar-refractivity contribution in [2.24, 2.45) is 0 Å². The summed E-state index contributed by atoms with van der Waals surface area (Å²) in [5.41, 5.74) is 10.4. The number of nitrogens with two attached hydrogens (primary N) is 1. The topological polar surface area (TPSA) is 102 Å². The summed E-state index contributed by atoms with van der Waals surface area (Å²) in [4.78, 5) is 21.5. The summed E-state index contributed by atoms with van der Waals surface area (Å²) in [6.07, 6.45) is 1.06. The normalized spacial score (nSPS) is 12.0. The smallest absolute Gasteiger partial charge is 0.339 e. The lowest BCUT2D eigenvalue weighted by Crippen LogP contribution is -2.35. The maximum absolute atomic E-state index is 12.0. The van der Waals surface area contributed by atoms with E-state index in [0.29, 0.717) is 30.2 Å².